The third kappa shape index (κ3) is 6.07. The summed E-state index contributed by atoms with van der Waals surface area (Å²) in [4.78, 5) is 40.8. The third-order valence-electron chi connectivity index (χ3n) is 8.66. The molecule has 0 spiro atoms. The Morgan fingerprint density at radius 1 is 0.930 bits per heavy atom. The van der Waals surface area contributed by atoms with Gasteiger partial charge in [-0.15, -0.1) is 0 Å². The molecule has 1 heterocycles. The van der Waals surface area contributed by atoms with Crippen LogP contribution in [-0.2, 0) is 4.79 Å². The summed E-state index contributed by atoms with van der Waals surface area (Å²) in [5, 5.41) is 13.4. The van der Waals surface area contributed by atoms with Gasteiger partial charge >= 0.3 is 5.97 Å². The molecule has 7 heteroatoms. The predicted octanol–water partition coefficient (Wildman–Crippen LogP) is 7.89. The first-order chi connectivity index (χ1) is 20.7. The summed E-state index contributed by atoms with van der Waals surface area (Å²) in [6, 6.07) is 19.0. The summed E-state index contributed by atoms with van der Waals surface area (Å²) < 4.78 is 6.44. The molecule has 0 unspecified atom stereocenters. The molecule has 1 aliphatic rings. The number of aryl methyl sites for hydroxylation is 1. The van der Waals surface area contributed by atoms with Gasteiger partial charge in [0.25, 0.3) is 5.91 Å². The molecule has 4 aromatic rings. The molecule has 0 bridgehead atoms. The molecule has 1 saturated carbocycles. The monoisotopic (exact) mass is 580 g/mol. The van der Waals surface area contributed by atoms with Crippen LogP contribution in [0, 0.1) is 12.8 Å². The van der Waals surface area contributed by atoms with Crippen LogP contribution in [0.25, 0.3) is 33.4 Å². The molecule has 43 heavy (non-hydrogen) atoms. The zero-order chi connectivity index (χ0) is 30.7. The molecule has 2 N–H and O–H groups in total. The van der Waals surface area contributed by atoms with Gasteiger partial charge in [0.2, 0.25) is 0 Å². The highest BCUT2D eigenvalue weighted by molar-refractivity contribution is 6.13. The number of benzene rings is 3. The third-order valence-corrected chi connectivity index (χ3v) is 8.66. The van der Waals surface area contributed by atoms with Gasteiger partial charge in [-0.25, -0.2) is 0 Å². The molecular formula is C36H40N2O5. The van der Waals surface area contributed by atoms with Gasteiger partial charge in [-0.05, 0) is 57.4 Å². The second-order valence-corrected chi connectivity index (χ2v) is 11.4. The van der Waals surface area contributed by atoms with E-state index < -0.39 is 17.9 Å². The van der Waals surface area contributed by atoms with Gasteiger partial charge in [0, 0.05) is 59.4 Å². The molecule has 7 nitrogen and oxygen atoms in total. The lowest BCUT2D eigenvalue weighted by Gasteiger charge is -2.29. The van der Waals surface area contributed by atoms with Crippen LogP contribution in [0.5, 0.6) is 0 Å². The van der Waals surface area contributed by atoms with Crippen LogP contribution in [0.2, 0.25) is 0 Å². The Labute approximate surface area is 252 Å². The van der Waals surface area contributed by atoms with Crippen molar-refractivity contribution in [3.63, 3.8) is 0 Å². The Hall–Kier alpha value is -4.39. The smallest absolute Gasteiger partial charge is 0.308 e. The Kier molecular flexibility index (Phi) is 9.00. The molecule has 0 saturated heterocycles. The van der Waals surface area contributed by atoms with E-state index in [0.717, 1.165) is 59.3 Å². The number of rotatable bonds is 10. The first-order valence-electron chi connectivity index (χ1n) is 15.3. The van der Waals surface area contributed by atoms with Crippen molar-refractivity contribution < 1.29 is 23.9 Å². The Morgan fingerprint density at radius 2 is 1.65 bits per heavy atom. The van der Waals surface area contributed by atoms with Crippen molar-refractivity contribution in [3.8, 4) is 22.5 Å². The minimum absolute atomic E-state index is 0.00413. The molecule has 0 aliphatic heterocycles. The molecule has 1 fully saturated rings. The maximum Gasteiger partial charge on any atom is 0.308 e. The molecule has 2 atom stereocenters. The lowest BCUT2D eigenvalue weighted by molar-refractivity contribution is -0.143. The number of carboxylic acid groups (broad SMARTS) is 1. The number of carbonyl (C=O) groups is 3. The number of carboxylic acids is 1. The van der Waals surface area contributed by atoms with Crippen molar-refractivity contribution in [1.82, 2.24) is 5.32 Å². The predicted molar refractivity (Wildman–Crippen MR) is 171 cm³/mol. The van der Waals surface area contributed by atoms with E-state index in [4.69, 9.17) is 4.42 Å². The van der Waals surface area contributed by atoms with E-state index >= 15 is 0 Å². The highest BCUT2D eigenvalue weighted by atomic mass is 16.4. The van der Waals surface area contributed by atoms with Crippen molar-refractivity contribution in [1.29, 1.82) is 0 Å². The first-order valence-corrected chi connectivity index (χ1v) is 15.3. The van der Waals surface area contributed by atoms with E-state index in [1.54, 1.807) is 6.07 Å². The summed E-state index contributed by atoms with van der Waals surface area (Å²) in [6.45, 7) is 9.60. The van der Waals surface area contributed by atoms with E-state index in [1.807, 2.05) is 68.4 Å². The zero-order valence-corrected chi connectivity index (χ0v) is 25.4. The minimum atomic E-state index is -0.863. The number of nitrogens with one attached hydrogen (secondary N) is 1. The number of furan rings is 1. The fourth-order valence-corrected chi connectivity index (χ4v) is 6.23. The van der Waals surface area contributed by atoms with E-state index in [-0.39, 0.29) is 11.7 Å². The number of hydrogen-bond donors (Lipinski definition) is 2. The van der Waals surface area contributed by atoms with Gasteiger partial charge < -0.3 is 19.7 Å². The van der Waals surface area contributed by atoms with Crippen molar-refractivity contribution in [2.24, 2.45) is 5.92 Å². The lowest BCUT2D eigenvalue weighted by Crippen LogP contribution is -2.45. The SMILES string of the molecule is CCC(=O)c1c(-c2ccc(C)cc2)oc2cc(N(CC)CC)c(-c3cccc(C(=O)N[C@@H]4CCCC[C@@H]4C(=O)O)c3)cc12. The molecule has 224 valence electrons. The second-order valence-electron chi connectivity index (χ2n) is 11.4. The van der Waals surface area contributed by atoms with E-state index in [2.05, 4.69) is 24.1 Å². The molecule has 1 aliphatic carbocycles. The standard InChI is InChI=1S/C36H40N2O5/c1-5-31(39)33-28-20-27(24-11-10-12-25(19-24)35(40)37-29-14-9-8-13-26(29)36(41)42)30(38(6-2)7-3)21-32(28)43-34(33)23-17-15-22(4)16-18-23/h10-12,15-21,26,29H,5-9,13-14H2,1-4H3,(H,37,40)(H,41,42)/t26-,29+/m0/s1. The van der Waals surface area contributed by atoms with Crippen molar-refractivity contribution >= 4 is 34.3 Å². The van der Waals surface area contributed by atoms with Crippen molar-refractivity contribution in [2.75, 3.05) is 18.0 Å². The van der Waals surface area contributed by atoms with E-state index in [9.17, 15) is 19.5 Å². The van der Waals surface area contributed by atoms with Gasteiger partial charge in [0.1, 0.15) is 11.3 Å². The average molecular weight is 581 g/mol. The van der Waals surface area contributed by atoms with Gasteiger partial charge in [0.15, 0.2) is 5.78 Å². The number of carbonyl (C=O) groups excluding carboxylic acids is 2. The molecule has 1 amide bonds. The van der Waals surface area contributed by atoms with Crippen LogP contribution in [0.15, 0.2) is 65.1 Å². The van der Waals surface area contributed by atoms with Crippen LogP contribution < -0.4 is 10.2 Å². The van der Waals surface area contributed by atoms with Crippen LogP contribution in [0.4, 0.5) is 5.69 Å². The maximum absolute atomic E-state index is 13.4. The summed E-state index contributed by atoms with van der Waals surface area (Å²) in [7, 11) is 0. The number of hydrogen-bond acceptors (Lipinski definition) is 5. The quantitative estimate of drug-likeness (QED) is 0.185. The number of Topliss-reactive ketones (excluding diaryl/α,β-unsaturated/α-hetero) is 1. The lowest BCUT2D eigenvalue weighted by atomic mass is 9.84. The van der Waals surface area contributed by atoms with Crippen LogP contribution in [0.3, 0.4) is 0 Å². The number of fused-ring (bicyclic) bond motifs is 1. The Morgan fingerprint density at radius 3 is 2.33 bits per heavy atom. The second kappa shape index (κ2) is 12.9. The van der Waals surface area contributed by atoms with Gasteiger partial charge in [-0.3, -0.25) is 14.4 Å². The number of anilines is 1. The van der Waals surface area contributed by atoms with Crippen molar-refractivity contribution in [2.45, 2.75) is 65.8 Å². The molecular weight excluding hydrogens is 540 g/mol. The number of nitrogens with zero attached hydrogens (tertiary/aromatic N) is 1. The summed E-state index contributed by atoms with van der Waals surface area (Å²) in [5.74, 6) is -1.14. The summed E-state index contributed by atoms with van der Waals surface area (Å²) >= 11 is 0. The molecule has 3 aromatic carbocycles. The molecule has 1 aromatic heterocycles. The summed E-state index contributed by atoms with van der Waals surface area (Å²) in [5.41, 5.74) is 6.34. The normalized spacial score (nSPS) is 16.7. The van der Waals surface area contributed by atoms with Gasteiger partial charge in [-0.2, -0.15) is 0 Å². The highest BCUT2D eigenvalue weighted by Gasteiger charge is 2.32. The first kappa shape index (κ1) is 30.1. The minimum Gasteiger partial charge on any atom is -0.481 e. The summed E-state index contributed by atoms with van der Waals surface area (Å²) in [6.07, 6.45) is 3.33. The Bertz CT molecular complexity index is 1650. The molecule has 0 radical (unpaired) electrons. The van der Waals surface area contributed by atoms with Gasteiger partial charge in [0.05, 0.1) is 11.5 Å². The fraction of sp³-hybridized carbons (Fsp3) is 0.361. The van der Waals surface area contributed by atoms with E-state index in [1.165, 1.54) is 0 Å². The average Bonchev–Trinajstić information content (AvgIpc) is 3.40. The molecule has 5 rings (SSSR count). The fourth-order valence-electron chi connectivity index (χ4n) is 6.23. The maximum atomic E-state index is 13.4. The largest absolute Gasteiger partial charge is 0.481 e. The number of ketones is 1. The van der Waals surface area contributed by atoms with Crippen LogP contribution >= 0.6 is 0 Å². The van der Waals surface area contributed by atoms with Crippen LogP contribution in [0.1, 0.15) is 79.2 Å². The zero-order valence-electron chi connectivity index (χ0n) is 25.4. The van der Waals surface area contributed by atoms with Crippen LogP contribution in [-0.4, -0.2) is 41.9 Å². The number of aliphatic carboxylic acids is 1. The Balaban J connectivity index is 1.62. The topological polar surface area (TPSA) is 99.9 Å². The number of amides is 1. The van der Waals surface area contributed by atoms with E-state index in [0.29, 0.717) is 41.7 Å². The van der Waals surface area contributed by atoms with Crippen molar-refractivity contribution in [3.05, 3.63) is 77.4 Å². The van der Waals surface area contributed by atoms with Gasteiger partial charge in [-0.1, -0.05) is 61.7 Å². The highest BCUT2D eigenvalue weighted by Crippen LogP contribution is 2.41.